The van der Waals surface area contributed by atoms with Crippen molar-refractivity contribution >= 4 is 23.2 Å². The van der Waals surface area contributed by atoms with E-state index < -0.39 is 0 Å². The highest BCUT2D eigenvalue weighted by Gasteiger charge is 2.04. The minimum Gasteiger partial charge on any atom is -0.481 e. The summed E-state index contributed by atoms with van der Waals surface area (Å²) in [6, 6.07) is 14.4. The Labute approximate surface area is 159 Å². The molecular formula is C21H23N3O3. The molecule has 2 amide bonds. The summed E-state index contributed by atoms with van der Waals surface area (Å²) in [7, 11) is 3.89. The molecule has 0 aromatic heterocycles. The van der Waals surface area contributed by atoms with Crippen molar-refractivity contribution in [2.24, 2.45) is 0 Å². The number of carbonyl (C=O) groups excluding carboxylic acids is 2. The van der Waals surface area contributed by atoms with Crippen molar-refractivity contribution in [1.82, 2.24) is 5.32 Å². The van der Waals surface area contributed by atoms with Crippen LogP contribution in [0.2, 0.25) is 0 Å². The van der Waals surface area contributed by atoms with E-state index in [1.54, 1.807) is 36.4 Å². The number of anilines is 2. The lowest BCUT2D eigenvalue weighted by atomic mass is 10.2. The van der Waals surface area contributed by atoms with Gasteiger partial charge in [-0.2, -0.15) is 0 Å². The van der Waals surface area contributed by atoms with Crippen molar-refractivity contribution in [2.75, 3.05) is 37.5 Å². The predicted molar refractivity (Wildman–Crippen MR) is 107 cm³/mol. The molecule has 2 aromatic carbocycles. The van der Waals surface area contributed by atoms with Crippen LogP contribution in [0.4, 0.5) is 11.4 Å². The molecule has 0 saturated carbocycles. The second kappa shape index (κ2) is 9.88. The van der Waals surface area contributed by atoms with Gasteiger partial charge >= 0.3 is 0 Å². The first-order valence-electron chi connectivity index (χ1n) is 8.47. The summed E-state index contributed by atoms with van der Waals surface area (Å²) >= 11 is 0. The van der Waals surface area contributed by atoms with Gasteiger partial charge in [-0.1, -0.05) is 17.9 Å². The van der Waals surface area contributed by atoms with Crippen LogP contribution in [0, 0.1) is 11.8 Å². The zero-order valence-corrected chi connectivity index (χ0v) is 15.7. The molecule has 6 nitrogen and oxygen atoms in total. The molecule has 0 aliphatic rings. The molecule has 2 rings (SSSR count). The lowest BCUT2D eigenvalue weighted by Gasteiger charge is -2.12. The Morgan fingerprint density at radius 1 is 1.07 bits per heavy atom. The molecule has 140 valence electrons. The molecule has 6 heteroatoms. The summed E-state index contributed by atoms with van der Waals surface area (Å²) in [5.41, 5.74) is 2.29. The molecule has 0 atom stereocenters. The Morgan fingerprint density at radius 2 is 1.81 bits per heavy atom. The van der Waals surface area contributed by atoms with Gasteiger partial charge in [0.15, 0.2) is 0 Å². The molecule has 0 aliphatic carbocycles. The van der Waals surface area contributed by atoms with Crippen molar-refractivity contribution in [3.8, 4) is 17.6 Å². The van der Waals surface area contributed by atoms with Crippen molar-refractivity contribution in [3.05, 3.63) is 54.1 Å². The SMILES string of the molecule is CC(=O)Nc1cccc(OCC#CCNC(=O)c2ccc(N(C)C)cc2)c1. The molecule has 0 saturated heterocycles. The van der Waals surface area contributed by atoms with Crippen LogP contribution < -0.4 is 20.3 Å². The third-order valence-electron chi connectivity index (χ3n) is 3.57. The second-order valence-corrected chi connectivity index (χ2v) is 5.98. The highest BCUT2D eigenvalue weighted by atomic mass is 16.5. The number of carbonyl (C=O) groups is 2. The maximum absolute atomic E-state index is 12.0. The number of amides is 2. The van der Waals surface area contributed by atoms with Gasteiger partial charge in [0.1, 0.15) is 12.4 Å². The molecule has 0 unspecified atom stereocenters. The fourth-order valence-electron chi connectivity index (χ4n) is 2.24. The smallest absolute Gasteiger partial charge is 0.252 e. The third kappa shape index (κ3) is 6.75. The molecule has 27 heavy (non-hydrogen) atoms. The molecule has 2 N–H and O–H groups in total. The van der Waals surface area contributed by atoms with Crippen LogP contribution >= 0.6 is 0 Å². The van der Waals surface area contributed by atoms with E-state index in [4.69, 9.17) is 4.74 Å². The van der Waals surface area contributed by atoms with Crippen LogP contribution in [0.5, 0.6) is 5.75 Å². The van der Waals surface area contributed by atoms with Crippen molar-refractivity contribution in [1.29, 1.82) is 0 Å². The fraction of sp³-hybridized carbons (Fsp3) is 0.238. The monoisotopic (exact) mass is 365 g/mol. The van der Waals surface area contributed by atoms with E-state index in [9.17, 15) is 9.59 Å². The first kappa shape index (κ1) is 19.9. The number of nitrogens with zero attached hydrogens (tertiary/aromatic N) is 1. The lowest BCUT2D eigenvalue weighted by Crippen LogP contribution is -2.23. The summed E-state index contributed by atoms with van der Waals surface area (Å²) in [6.45, 7) is 1.88. The van der Waals surface area contributed by atoms with Gasteiger partial charge in [-0.05, 0) is 36.4 Å². The number of benzene rings is 2. The Morgan fingerprint density at radius 3 is 2.48 bits per heavy atom. The highest BCUT2D eigenvalue weighted by molar-refractivity contribution is 5.94. The lowest BCUT2D eigenvalue weighted by molar-refractivity contribution is -0.114. The van der Waals surface area contributed by atoms with E-state index in [2.05, 4.69) is 22.5 Å². The van der Waals surface area contributed by atoms with E-state index >= 15 is 0 Å². The maximum atomic E-state index is 12.0. The zero-order valence-electron chi connectivity index (χ0n) is 15.7. The van der Waals surface area contributed by atoms with Gasteiger partial charge in [-0.25, -0.2) is 0 Å². The normalized spacial score (nSPS) is 9.59. The number of ether oxygens (including phenoxy) is 1. The van der Waals surface area contributed by atoms with Gasteiger partial charge in [0.25, 0.3) is 5.91 Å². The quantitative estimate of drug-likeness (QED) is 0.772. The average molecular weight is 365 g/mol. The van der Waals surface area contributed by atoms with Crippen LogP contribution in [-0.2, 0) is 4.79 Å². The Kier molecular flexibility index (Phi) is 7.26. The van der Waals surface area contributed by atoms with Gasteiger partial charge in [0.2, 0.25) is 5.91 Å². The summed E-state index contributed by atoms with van der Waals surface area (Å²) in [4.78, 5) is 25.1. The molecule has 0 radical (unpaired) electrons. The number of hydrogen-bond donors (Lipinski definition) is 2. The van der Waals surface area contributed by atoms with Crippen LogP contribution in [0.15, 0.2) is 48.5 Å². The first-order valence-corrected chi connectivity index (χ1v) is 8.47. The molecule has 0 bridgehead atoms. The largest absolute Gasteiger partial charge is 0.481 e. The summed E-state index contributed by atoms with van der Waals surface area (Å²) < 4.78 is 5.51. The van der Waals surface area contributed by atoms with Crippen molar-refractivity contribution in [2.45, 2.75) is 6.92 Å². The second-order valence-electron chi connectivity index (χ2n) is 5.98. The van der Waals surface area contributed by atoms with Crippen LogP contribution in [-0.4, -0.2) is 39.1 Å². The van der Waals surface area contributed by atoms with Gasteiger partial charge in [-0.3, -0.25) is 9.59 Å². The topological polar surface area (TPSA) is 70.7 Å². The van der Waals surface area contributed by atoms with E-state index in [0.29, 0.717) is 17.0 Å². The highest BCUT2D eigenvalue weighted by Crippen LogP contribution is 2.17. The van der Waals surface area contributed by atoms with Crippen molar-refractivity contribution < 1.29 is 14.3 Å². The van der Waals surface area contributed by atoms with Crippen LogP contribution in [0.3, 0.4) is 0 Å². The van der Waals surface area contributed by atoms with Crippen LogP contribution in [0.1, 0.15) is 17.3 Å². The average Bonchev–Trinajstić information content (AvgIpc) is 2.64. The summed E-state index contributed by atoms with van der Waals surface area (Å²) in [5.74, 6) is 6.00. The summed E-state index contributed by atoms with van der Waals surface area (Å²) in [5, 5.41) is 5.44. The predicted octanol–water partition coefficient (Wildman–Crippen LogP) is 2.52. The fourth-order valence-corrected chi connectivity index (χ4v) is 2.24. The van der Waals surface area contributed by atoms with Crippen LogP contribution in [0.25, 0.3) is 0 Å². The number of hydrogen-bond acceptors (Lipinski definition) is 4. The van der Waals surface area contributed by atoms with Gasteiger partial charge in [0.05, 0.1) is 6.54 Å². The van der Waals surface area contributed by atoms with Gasteiger partial charge in [-0.15, -0.1) is 0 Å². The molecular weight excluding hydrogens is 342 g/mol. The van der Waals surface area contributed by atoms with E-state index in [1.165, 1.54) is 6.92 Å². The van der Waals surface area contributed by atoms with E-state index in [-0.39, 0.29) is 25.0 Å². The third-order valence-corrected chi connectivity index (χ3v) is 3.57. The Hall–Kier alpha value is -3.46. The maximum Gasteiger partial charge on any atom is 0.252 e. The zero-order chi connectivity index (χ0) is 19.6. The molecule has 0 spiro atoms. The van der Waals surface area contributed by atoms with E-state index in [1.807, 2.05) is 31.1 Å². The molecule has 0 aliphatic heterocycles. The Balaban J connectivity index is 1.76. The minimum absolute atomic E-state index is 0.140. The van der Waals surface area contributed by atoms with E-state index in [0.717, 1.165) is 5.69 Å². The van der Waals surface area contributed by atoms with Gasteiger partial charge < -0.3 is 20.3 Å². The molecule has 0 heterocycles. The minimum atomic E-state index is -0.168. The first-order chi connectivity index (χ1) is 13.0. The standard InChI is InChI=1S/C21H23N3O3/c1-16(25)23-18-7-6-8-20(15-18)27-14-5-4-13-22-21(26)17-9-11-19(12-10-17)24(2)3/h6-12,15H,13-14H2,1-3H3,(H,22,26)(H,23,25). The number of rotatable bonds is 6. The molecule has 0 fully saturated rings. The number of nitrogens with one attached hydrogen (secondary N) is 2. The Bertz CT molecular complexity index is 849. The van der Waals surface area contributed by atoms with Gasteiger partial charge in [0, 0.05) is 44.0 Å². The summed E-state index contributed by atoms with van der Waals surface area (Å²) in [6.07, 6.45) is 0. The van der Waals surface area contributed by atoms with Crippen molar-refractivity contribution in [3.63, 3.8) is 0 Å². The molecule has 2 aromatic rings.